The van der Waals surface area contributed by atoms with E-state index in [4.69, 9.17) is 4.98 Å². The SMILES string of the molecule is O=C1CCC(N2Cc3cc(N4CCC(CN5CCC(c6ccc7c(c6)-n6c(nc(=O)c8c(Br)cccc86)C76CCCCC6)CC5)CC4)ccc3C2=O)C(=O)N1. The Morgan fingerprint density at radius 2 is 1.65 bits per heavy atom. The number of amides is 3. The van der Waals surface area contributed by atoms with Crippen molar-refractivity contribution < 1.29 is 14.4 Å². The van der Waals surface area contributed by atoms with Gasteiger partial charge in [-0.05, 0) is 139 Å². The van der Waals surface area contributed by atoms with Crippen LogP contribution in [0.15, 0.2) is 63.9 Å². The summed E-state index contributed by atoms with van der Waals surface area (Å²) < 4.78 is 3.13. The number of carbonyl (C=O) groups is 3. The second-order valence-electron chi connectivity index (χ2n) is 16.9. The molecule has 4 aromatic rings. The summed E-state index contributed by atoms with van der Waals surface area (Å²) in [6.45, 7) is 5.75. The van der Waals surface area contributed by atoms with Crippen molar-refractivity contribution >= 4 is 50.2 Å². The van der Waals surface area contributed by atoms with E-state index in [0.29, 0.717) is 35.8 Å². The van der Waals surface area contributed by atoms with Gasteiger partial charge in [-0.2, -0.15) is 4.98 Å². The lowest BCUT2D eigenvalue weighted by Gasteiger charge is -2.38. The molecule has 6 heterocycles. The van der Waals surface area contributed by atoms with Gasteiger partial charge in [0, 0.05) is 48.3 Å². The van der Waals surface area contributed by atoms with Gasteiger partial charge in [-0.1, -0.05) is 37.5 Å². The van der Waals surface area contributed by atoms with Gasteiger partial charge in [-0.25, -0.2) is 0 Å². The Morgan fingerprint density at radius 1 is 0.855 bits per heavy atom. The molecular formula is C44H47BrN6O4. The summed E-state index contributed by atoms with van der Waals surface area (Å²) in [6, 6.07) is 18.8. The lowest BCUT2D eigenvalue weighted by Crippen LogP contribution is -2.52. The molecule has 55 heavy (non-hydrogen) atoms. The van der Waals surface area contributed by atoms with Crippen LogP contribution in [0, 0.1) is 5.92 Å². The number of nitrogens with zero attached hydrogens (tertiary/aromatic N) is 5. The highest BCUT2D eigenvalue weighted by atomic mass is 79.9. The number of nitrogens with one attached hydrogen (secondary N) is 1. The molecule has 0 radical (unpaired) electrons. The van der Waals surface area contributed by atoms with Crippen molar-refractivity contribution in [2.75, 3.05) is 37.6 Å². The van der Waals surface area contributed by atoms with E-state index < -0.39 is 6.04 Å². The number of aromatic nitrogens is 2. The maximum atomic E-state index is 13.4. The van der Waals surface area contributed by atoms with Crippen LogP contribution in [0.2, 0.25) is 0 Å². The first-order valence-electron chi connectivity index (χ1n) is 20.4. The first-order valence-corrected chi connectivity index (χ1v) is 21.2. The van der Waals surface area contributed by atoms with Gasteiger partial charge in [-0.15, -0.1) is 0 Å². The maximum Gasteiger partial charge on any atom is 0.281 e. The van der Waals surface area contributed by atoms with Gasteiger partial charge in [0.2, 0.25) is 11.8 Å². The number of hydrogen-bond acceptors (Lipinski definition) is 7. The number of fused-ring (bicyclic) bond motifs is 8. The van der Waals surface area contributed by atoms with Crippen LogP contribution in [-0.2, 0) is 21.5 Å². The van der Waals surface area contributed by atoms with E-state index in [0.717, 1.165) is 111 Å². The lowest BCUT2D eigenvalue weighted by atomic mass is 9.69. The molecule has 6 aliphatic rings. The molecule has 284 valence electrons. The summed E-state index contributed by atoms with van der Waals surface area (Å²) in [5.41, 5.74) is 7.39. The van der Waals surface area contributed by atoms with Gasteiger partial charge in [-0.3, -0.25) is 29.1 Å². The predicted octanol–water partition coefficient (Wildman–Crippen LogP) is 6.57. The van der Waals surface area contributed by atoms with E-state index in [1.807, 2.05) is 18.2 Å². The Kier molecular flexibility index (Phi) is 8.73. The second-order valence-corrected chi connectivity index (χ2v) is 17.7. The van der Waals surface area contributed by atoms with Crippen LogP contribution < -0.4 is 15.8 Å². The molecule has 3 aromatic carbocycles. The van der Waals surface area contributed by atoms with E-state index in [-0.39, 0.29) is 35.1 Å². The summed E-state index contributed by atoms with van der Waals surface area (Å²) in [4.78, 5) is 62.3. The summed E-state index contributed by atoms with van der Waals surface area (Å²) in [5, 5.41) is 3.06. The number of piperidine rings is 3. The number of benzene rings is 3. The molecule has 3 saturated heterocycles. The Hall–Kier alpha value is -4.35. The molecule has 1 N–H and O–H groups in total. The Labute approximate surface area is 329 Å². The highest BCUT2D eigenvalue weighted by Crippen LogP contribution is 2.52. The first-order chi connectivity index (χ1) is 26.8. The molecule has 1 unspecified atom stereocenters. The Morgan fingerprint density at radius 3 is 2.44 bits per heavy atom. The van der Waals surface area contributed by atoms with Gasteiger partial charge in [0.15, 0.2) is 0 Å². The standard InChI is InChI=1S/C44H47BrN6O4/c45-34-5-4-6-35-39(34)41(54)47-43-44(17-2-1-3-18-44)33-10-7-29(24-37(33)51(35)43)28-15-19-48(20-16-28)25-27-13-21-49(22-14-27)31-8-9-32-30(23-31)26-50(42(32)55)36-11-12-38(52)46-40(36)53/h4-10,23-24,27-28,36H,1-3,11-22,25-26H2,(H,46,52,53). The van der Waals surface area contributed by atoms with Crippen molar-refractivity contribution in [3.8, 4) is 5.69 Å². The zero-order valence-corrected chi connectivity index (χ0v) is 32.8. The highest BCUT2D eigenvalue weighted by Gasteiger charge is 2.47. The minimum Gasteiger partial charge on any atom is -0.372 e. The van der Waals surface area contributed by atoms with E-state index in [9.17, 15) is 19.2 Å². The monoisotopic (exact) mass is 802 g/mol. The van der Waals surface area contributed by atoms with Crippen molar-refractivity contribution in [3.05, 3.63) is 97.5 Å². The molecule has 3 amide bonds. The van der Waals surface area contributed by atoms with Gasteiger partial charge in [0.1, 0.15) is 11.9 Å². The van der Waals surface area contributed by atoms with Crippen LogP contribution in [0.1, 0.15) is 109 Å². The second kappa shape index (κ2) is 13.7. The summed E-state index contributed by atoms with van der Waals surface area (Å²) >= 11 is 3.65. The van der Waals surface area contributed by atoms with Crippen molar-refractivity contribution in [1.29, 1.82) is 0 Å². The molecule has 10 nitrogen and oxygen atoms in total. The normalized spacial score (nSPS) is 23.0. The van der Waals surface area contributed by atoms with Crippen molar-refractivity contribution in [1.82, 2.24) is 24.7 Å². The Balaban J connectivity index is 0.784. The van der Waals surface area contributed by atoms with Crippen LogP contribution in [0.4, 0.5) is 5.69 Å². The Bertz CT molecular complexity index is 2300. The average molecular weight is 804 g/mol. The third kappa shape index (κ3) is 5.86. The minimum absolute atomic E-state index is 0.120. The lowest BCUT2D eigenvalue weighted by molar-refractivity contribution is -0.136. The largest absolute Gasteiger partial charge is 0.372 e. The molecule has 5 aliphatic heterocycles. The molecule has 1 saturated carbocycles. The van der Waals surface area contributed by atoms with E-state index in [1.54, 1.807) is 4.90 Å². The fourth-order valence-corrected chi connectivity index (χ4v) is 11.4. The van der Waals surface area contributed by atoms with Crippen LogP contribution in [0.25, 0.3) is 16.6 Å². The van der Waals surface area contributed by atoms with E-state index in [2.05, 4.69) is 72.0 Å². The third-order valence-electron chi connectivity index (χ3n) is 13.8. The molecule has 1 aliphatic carbocycles. The minimum atomic E-state index is -0.587. The molecule has 4 fully saturated rings. The van der Waals surface area contributed by atoms with Gasteiger partial charge >= 0.3 is 0 Å². The first kappa shape index (κ1) is 35.1. The van der Waals surface area contributed by atoms with Crippen molar-refractivity contribution in [3.63, 3.8) is 0 Å². The molecule has 11 heteroatoms. The fourth-order valence-electron chi connectivity index (χ4n) is 10.9. The van der Waals surface area contributed by atoms with E-state index >= 15 is 0 Å². The molecule has 1 aromatic heterocycles. The molecule has 1 atom stereocenters. The number of imide groups is 1. The fraction of sp³-hybridized carbons (Fsp3) is 0.477. The van der Waals surface area contributed by atoms with Crippen LogP contribution in [0.5, 0.6) is 0 Å². The van der Waals surface area contributed by atoms with Gasteiger partial charge in [0.25, 0.3) is 11.5 Å². The molecule has 1 spiro atoms. The smallest absolute Gasteiger partial charge is 0.281 e. The molecular weight excluding hydrogens is 756 g/mol. The van der Waals surface area contributed by atoms with Crippen molar-refractivity contribution in [2.45, 2.75) is 94.5 Å². The number of hydrogen-bond donors (Lipinski definition) is 1. The third-order valence-corrected chi connectivity index (χ3v) is 14.5. The van der Waals surface area contributed by atoms with Gasteiger partial charge < -0.3 is 14.7 Å². The average Bonchev–Trinajstić information content (AvgIpc) is 3.66. The van der Waals surface area contributed by atoms with Crippen molar-refractivity contribution in [2.24, 2.45) is 5.92 Å². The molecule has 10 rings (SSSR count). The topological polar surface area (TPSA) is 108 Å². The van der Waals surface area contributed by atoms with Crippen LogP contribution >= 0.6 is 15.9 Å². The summed E-state index contributed by atoms with van der Waals surface area (Å²) in [7, 11) is 0. The van der Waals surface area contributed by atoms with Crippen LogP contribution in [0.3, 0.4) is 0 Å². The van der Waals surface area contributed by atoms with Gasteiger partial charge in [0.05, 0.1) is 22.0 Å². The molecule has 0 bridgehead atoms. The number of anilines is 1. The van der Waals surface area contributed by atoms with E-state index in [1.165, 1.54) is 23.2 Å². The number of halogens is 1. The number of likely N-dealkylation sites (tertiary alicyclic amines) is 1. The predicted molar refractivity (Wildman–Crippen MR) is 215 cm³/mol. The maximum absolute atomic E-state index is 13.4. The summed E-state index contributed by atoms with van der Waals surface area (Å²) in [6.07, 6.45) is 10.9. The quantitative estimate of drug-likeness (QED) is 0.228. The number of carbonyl (C=O) groups excluding carboxylic acids is 3. The summed E-state index contributed by atoms with van der Waals surface area (Å²) in [5.74, 6) is 1.36. The zero-order chi connectivity index (χ0) is 37.4. The highest BCUT2D eigenvalue weighted by molar-refractivity contribution is 9.10. The number of rotatable bonds is 5. The zero-order valence-electron chi connectivity index (χ0n) is 31.2. The van der Waals surface area contributed by atoms with Crippen LogP contribution in [-0.4, -0.2) is 75.8 Å².